The van der Waals surface area contributed by atoms with Crippen LogP contribution < -0.4 is 10.0 Å². The minimum atomic E-state index is -4.18. The highest BCUT2D eigenvalue weighted by Gasteiger charge is 2.14. The molecule has 0 aliphatic carbocycles. The molecule has 8 nitrogen and oxygen atoms in total. The Morgan fingerprint density at radius 2 is 1.76 bits per heavy atom. The Labute approximate surface area is 126 Å². The zero-order valence-electron chi connectivity index (χ0n) is 10.9. The molecule has 0 radical (unpaired) electrons. The van der Waals surface area contributed by atoms with E-state index >= 15 is 0 Å². The Morgan fingerprint density at radius 3 is 2.24 bits per heavy atom. The normalized spacial score (nSPS) is 12.1. The maximum absolute atomic E-state index is 11.9. The molecule has 1 aromatic carbocycles. The quantitative estimate of drug-likeness (QED) is 0.368. The van der Waals surface area contributed by atoms with E-state index < -0.39 is 19.2 Å². The van der Waals surface area contributed by atoms with E-state index in [1.807, 2.05) is 0 Å². The Morgan fingerprint density at radius 1 is 1.19 bits per heavy atom. The molecule has 0 spiro atoms. The van der Waals surface area contributed by atoms with Crippen molar-refractivity contribution in [1.29, 1.82) is 0 Å². The van der Waals surface area contributed by atoms with Gasteiger partial charge in [-0.05, 0) is 35.1 Å². The van der Waals surface area contributed by atoms with Crippen LogP contribution in [0.25, 0.3) is 0 Å². The molecule has 0 unspecified atom stereocenters. The molecule has 0 bridgehead atoms. The number of amides is 1. The Kier molecular flexibility index (Phi) is 6.16. The predicted octanol–water partition coefficient (Wildman–Crippen LogP) is 0.459. The fraction of sp³-hybridized carbons (Fsp3) is 0.300. The summed E-state index contributed by atoms with van der Waals surface area (Å²) >= 11 is 0. The zero-order chi connectivity index (χ0) is 16.1. The van der Waals surface area contributed by atoms with Crippen molar-refractivity contribution in [2.45, 2.75) is 11.8 Å². The molecule has 11 heteroatoms. The van der Waals surface area contributed by atoms with Crippen molar-refractivity contribution in [2.24, 2.45) is 0 Å². The molecular formula is C10H14N2O6S3. The summed E-state index contributed by atoms with van der Waals surface area (Å²) in [5.41, 5.74) is 0.461. The Hall–Kier alpha value is -1.14. The van der Waals surface area contributed by atoms with Gasteiger partial charge in [-0.3, -0.25) is 9.35 Å². The first-order valence-electron chi connectivity index (χ1n) is 5.59. The summed E-state index contributed by atoms with van der Waals surface area (Å²) in [7, 11) is -7.73. The molecule has 0 saturated carbocycles. The molecule has 0 aliphatic heterocycles. The van der Waals surface area contributed by atoms with E-state index in [-0.39, 0.29) is 33.9 Å². The van der Waals surface area contributed by atoms with Crippen molar-refractivity contribution in [3.63, 3.8) is 0 Å². The van der Waals surface area contributed by atoms with Gasteiger partial charge in [0.1, 0.15) is 0 Å². The van der Waals surface area contributed by atoms with Crippen LogP contribution in [-0.2, 0) is 24.0 Å². The number of hydrogen-bond acceptors (Lipinski definition) is 6. The van der Waals surface area contributed by atoms with Crippen LogP contribution in [0.4, 0.5) is 5.69 Å². The highest BCUT2D eigenvalue weighted by molar-refractivity contribution is 8.69. The minimum Gasteiger partial charge on any atom is -0.326 e. The van der Waals surface area contributed by atoms with Gasteiger partial charge in [0.15, 0.2) is 0 Å². The second kappa shape index (κ2) is 7.22. The van der Waals surface area contributed by atoms with Crippen LogP contribution in [0.3, 0.4) is 0 Å². The maximum Gasteiger partial charge on any atom is 0.319 e. The number of hydrogen-bond donors (Lipinski definition) is 3. The first kappa shape index (κ1) is 17.9. The van der Waals surface area contributed by atoms with Crippen molar-refractivity contribution < 1.29 is 26.2 Å². The summed E-state index contributed by atoms with van der Waals surface area (Å²) < 4.78 is 55.3. The number of anilines is 1. The number of sulfonamides is 1. The molecule has 0 aromatic heterocycles. The average Bonchev–Trinajstić information content (AvgIpc) is 2.33. The molecule has 0 aliphatic rings. The number of benzene rings is 1. The lowest BCUT2D eigenvalue weighted by Crippen LogP contribution is -2.26. The van der Waals surface area contributed by atoms with Crippen LogP contribution in [0.1, 0.15) is 6.92 Å². The van der Waals surface area contributed by atoms with Gasteiger partial charge in [0.05, 0.1) is 4.90 Å². The van der Waals surface area contributed by atoms with Crippen molar-refractivity contribution in [3.8, 4) is 0 Å². The lowest BCUT2D eigenvalue weighted by Gasteiger charge is -2.07. The first-order valence-corrected chi connectivity index (χ1v) is 10.0. The summed E-state index contributed by atoms with van der Waals surface area (Å²) in [5, 5.41) is 2.50. The van der Waals surface area contributed by atoms with Crippen molar-refractivity contribution in [1.82, 2.24) is 4.72 Å². The SMILES string of the molecule is CC(=O)Nc1ccc(S(=O)(=O)NCCSS(=O)(=O)O)cc1. The van der Waals surface area contributed by atoms with Crippen LogP contribution in [-0.4, -0.2) is 39.6 Å². The van der Waals surface area contributed by atoms with Crippen molar-refractivity contribution in [3.05, 3.63) is 24.3 Å². The van der Waals surface area contributed by atoms with E-state index in [9.17, 15) is 21.6 Å². The predicted molar refractivity (Wildman–Crippen MR) is 79.9 cm³/mol. The van der Waals surface area contributed by atoms with Gasteiger partial charge in [-0.15, -0.1) is 0 Å². The van der Waals surface area contributed by atoms with Gasteiger partial charge in [-0.25, -0.2) is 13.1 Å². The summed E-state index contributed by atoms with van der Waals surface area (Å²) in [4.78, 5) is 10.8. The topological polar surface area (TPSA) is 130 Å². The van der Waals surface area contributed by atoms with Gasteiger partial charge in [-0.1, -0.05) is 0 Å². The van der Waals surface area contributed by atoms with Crippen molar-refractivity contribution in [2.75, 3.05) is 17.6 Å². The Bertz CT molecular complexity index is 697. The number of carbonyl (C=O) groups is 1. The summed E-state index contributed by atoms with van der Waals surface area (Å²) in [6.45, 7) is 1.18. The van der Waals surface area contributed by atoms with Crippen LogP contribution in [0, 0.1) is 0 Å². The number of rotatable bonds is 7. The zero-order valence-corrected chi connectivity index (χ0v) is 13.4. The number of nitrogens with one attached hydrogen (secondary N) is 2. The highest BCUT2D eigenvalue weighted by Crippen LogP contribution is 2.14. The second-order valence-electron chi connectivity index (χ2n) is 3.85. The third-order valence-electron chi connectivity index (χ3n) is 2.11. The monoisotopic (exact) mass is 354 g/mol. The lowest BCUT2D eigenvalue weighted by atomic mass is 10.3. The van der Waals surface area contributed by atoms with E-state index in [1.54, 1.807) is 0 Å². The molecule has 0 fully saturated rings. The van der Waals surface area contributed by atoms with E-state index in [0.717, 1.165) is 0 Å². The molecule has 0 atom stereocenters. The van der Waals surface area contributed by atoms with Crippen LogP contribution >= 0.6 is 10.8 Å². The van der Waals surface area contributed by atoms with Gasteiger partial charge in [0, 0.05) is 24.9 Å². The molecule has 1 amide bonds. The maximum atomic E-state index is 11.9. The molecule has 1 aromatic rings. The Balaban J connectivity index is 2.64. The molecule has 0 heterocycles. The molecule has 3 N–H and O–H groups in total. The van der Waals surface area contributed by atoms with Gasteiger partial charge in [0.25, 0.3) is 0 Å². The minimum absolute atomic E-state index is 0.0199. The second-order valence-corrected chi connectivity index (χ2v) is 9.09. The standard InChI is InChI=1S/C10H14N2O6S3/c1-8(13)12-9-2-4-10(5-3-9)20(14,15)11-6-7-19-21(16,17)18/h2-5,11H,6-7H2,1H3,(H,12,13)(H,16,17,18). The lowest BCUT2D eigenvalue weighted by molar-refractivity contribution is -0.114. The van der Waals surface area contributed by atoms with Gasteiger partial charge in [0.2, 0.25) is 15.9 Å². The van der Waals surface area contributed by atoms with Crippen LogP contribution in [0.15, 0.2) is 29.2 Å². The van der Waals surface area contributed by atoms with Crippen LogP contribution in [0.5, 0.6) is 0 Å². The third kappa shape index (κ3) is 6.91. The fourth-order valence-electron chi connectivity index (χ4n) is 1.33. The number of carbonyl (C=O) groups excluding carboxylic acids is 1. The van der Waals surface area contributed by atoms with Gasteiger partial charge >= 0.3 is 9.15 Å². The third-order valence-corrected chi connectivity index (χ3v) is 5.65. The fourth-order valence-corrected chi connectivity index (χ4v) is 3.77. The highest BCUT2D eigenvalue weighted by atomic mass is 33.1. The summed E-state index contributed by atoms with van der Waals surface area (Å²) in [6.07, 6.45) is 0. The van der Waals surface area contributed by atoms with E-state index in [0.29, 0.717) is 5.69 Å². The van der Waals surface area contributed by atoms with Gasteiger partial charge < -0.3 is 5.32 Å². The molecule has 1 rings (SSSR count). The largest absolute Gasteiger partial charge is 0.326 e. The molecular weight excluding hydrogens is 340 g/mol. The van der Waals surface area contributed by atoms with Crippen LogP contribution in [0.2, 0.25) is 0 Å². The van der Waals surface area contributed by atoms with E-state index in [4.69, 9.17) is 4.55 Å². The van der Waals surface area contributed by atoms with E-state index in [1.165, 1.54) is 31.2 Å². The smallest absolute Gasteiger partial charge is 0.319 e. The summed E-state index contributed by atoms with van der Waals surface area (Å²) in [5.74, 6) is -0.395. The molecule has 0 saturated heterocycles. The molecule has 118 valence electrons. The van der Waals surface area contributed by atoms with E-state index in [2.05, 4.69) is 10.0 Å². The summed E-state index contributed by atoms with van der Waals surface area (Å²) in [6, 6.07) is 5.48. The van der Waals surface area contributed by atoms with Crippen molar-refractivity contribution >= 4 is 41.6 Å². The first-order chi connectivity index (χ1) is 9.60. The van der Waals surface area contributed by atoms with Gasteiger partial charge in [-0.2, -0.15) is 8.42 Å². The molecule has 21 heavy (non-hydrogen) atoms. The average molecular weight is 354 g/mol.